The molecule has 2 rings (SSSR count). The Balaban J connectivity index is 1.86. The molecule has 1 aliphatic rings. The molecule has 1 unspecified atom stereocenters. The van der Waals surface area contributed by atoms with Crippen LogP contribution in [0.3, 0.4) is 0 Å². The standard InChI is InChI=1S/C21H37N5O/c1-4-7-18(12-15-27)16-23-21(22-5-2)25-19-10-13-26(14-11-19)20-9-6-8-17(3)24-20/h6,8-9,18-19,27H,4-5,7,10-16H2,1-3H3,(H2,22,23,25). The van der Waals surface area contributed by atoms with Crippen LogP contribution in [0.4, 0.5) is 5.82 Å². The molecule has 3 N–H and O–H groups in total. The van der Waals surface area contributed by atoms with E-state index >= 15 is 0 Å². The Labute approximate surface area is 164 Å². The van der Waals surface area contributed by atoms with Crippen molar-refractivity contribution in [2.45, 2.75) is 58.9 Å². The Morgan fingerprint density at radius 3 is 2.70 bits per heavy atom. The van der Waals surface area contributed by atoms with Crippen molar-refractivity contribution < 1.29 is 5.11 Å². The summed E-state index contributed by atoms with van der Waals surface area (Å²) in [5, 5.41) is 16.2. The van der Waals surface area contributed by atoms with E-state index in [0.717, 1.165) is 75.8 Å². The van der Waals surface area contributed by atoms with Crippen LogP contribution in [0.25, 0.3) is 0 Å². The van der Waals surface area contributed by atoms with Crippen molar-refractivity contribution in [3.63, 3.8) is 0 Å². The van der Waals surface area contributed by atoms with Crippen LogP contribution in [-0.4, -0.2) is 54.9 Å². The van der Waals surface area contributed by atoms with Gasteiger partial charge < -0.3 is 20.6 Å². The maximum atomic E-state index is 9.24. The van der Waals surface area contributed by atoms with Crippen molar-refractivity contribution >= 4 is 11.8 Å². The van der Waals surface area contributed by atoms with Crippen LogP contribution in [0.2, 0.25) is 0 Å². The van der Waals surface area contributed by atoms with Crippen LogP contribution in [0, 0.1) is 12.8 Å². The number of nitrogens with zero attached hydrogens (tertiary/aromatic N) is 3. The lowest BCUT2D eigenvalue weighted by atomic mass is 10.0. The molecule has 1 aromatic heterocycles. The van der Waals surface area contributed by atoms with Crippen molar-refractivity contribution in [1.82, 2.24) is 15.6 Å². The highest BCUT2D eigenvalue weighted by atomic mass is 16.3. The molecule has 0 saturated carbocycles. The lowest BCUT2D eigenvalue weighted by Gasteiger charge is -2.34. The summed E-state index contributed by atoms with van der Waals surface area (Å²) in [6, 6.07) is 6.66. The predicted octanol–water partition coefficient (Wildman–Crippen LogP) is 2.71. The fourth-order valence-electron chi connectivity index (χ4n) is 3.61. The molecule has 1 fully saturated rings. The van der Waals surface area contributed by atoms with Crippen molar-refractivity contribution in [2.75, 3.05) is 37.7 Å². The van der Waals surface area contributed by atoms with Gasteiger partial charge in [-0.25, -0.2) is 4.98 Å². The fourth-order valence-corrected chi connectivity index (χ4v) is 3.61. The molecule has 1 saturated heterocycles. The molecule has 0 amide bonds. The van der Waals surface area contributed by atoms with Crippen LogP contribution < -0.4 is 15.5 Å². The largest absolute Gasteiger partial charge is 0.396 e. The number of hydrogen-bond donors (Lipinski definition) is 3. The number of rotatable bonds is 9. The molecule has 0 radical (unpaired) electrons. The van der Waals surface area contributed by atoms with E-state index in [1.807, 2.05) is 13.0 Å². The number of nitrogens with one attached hydrogen (secondary N) is 2. The summed E-state index contributed by atoms with van der Waals surface area (Å²) in [7, 11) is 0. The molecule has 1 aliphatic heterocycles. The Kier molecular flexibility index (Phi) is 9.39. The minimum atomic E-state index is 0.246. The number of aliphatic hydroxyl groups is 1. The van der Waals surface area contributed by atoms with Gasteiger partial charge in [-0.3, -0.25) is 4.99 Å². The van der Waals surface area contributed by atoms with Crippen LogP contribution in [-0.2, 0) is 0 Å². The fraction of sp³-hybridized carbons (Fsp3) is 0.714. The van der Waals surface area contributed by atoms with Gasteiger partial charge in [0.05, 0.1) is 0 Å². The number of aromatic nitrogens is 1. The monoisotopic (exact) mass is 375 g/mol. The third-order valence-corrected chi connectivity index (χ3v) is 5.12. The zero-order valence-electron chi connectivity index (χ0n) is 17.2. The first kappa shape index (κ1) is 21.5. The second-order valence-corrected chi connectivity index (χ2v) is 7.43. The summed E-state index contributed by atoms with van der Waals surface area (Å²) in [6.45, 7) is 10.2. The van der Waals surface area contributed by atoms with E-state index < -0.39 is 0 Å². The van der Waals surface area contributed by atoms with Gasteiger partial charge in [-0.1, -0.05) is 19.4 Å². The number of aryl methyl sites for hydroxylation is 1. The van der Waals surface area contributed by atoms with Crippen LogP contribution in [0.15, 0.2) is 23.2 Å². The van der Waals surface area contributed by atoms with Gasteiger partial charge in [-0.2, -0.15) is 0 Å². The summed E-state index contributed by atoms with van der Waals surface area (Å²) in [5.74, 6) is 2.45. The molecule has 1 atom stereocenters. The summed E-state index contributed by atoms with van der Waals surface area (Å²) in [5.41, 5.74) is 1.07. The molecule has 27 heavy (non-hydrogen) atoms. The van der Waals surface area contributed by atoms with E-state index in [0.29, 0.717) is 12.0 Å². The summed E-state index contributed by atoms with van der Waals surface area (Å²) >= 11 is 0. The molecule has 0 bridgehead atoms. The second-order valence-electron chi connectivity index (χ2n) is 7.43. The second kappa shape index (κ2) is 11.8. The van der Waals surface area contributed by atoms with E-state index in [9.17, 15) is 5.11 Å². The van der Waals surface area contributed by atoms with Gasteiger partial charge in [0, 0.05) is 44.5 Å². The average Bonchev–Trinajstić information content (AvgIpc) is 2.67. The smallest absolute Gasteiger partial charge is 0.191 e. The van der Waals surface area contributed by atoms with Crippen molar-refractivity contribution in [1.29, 1.82) is 0 Å². The van der Waals surface area contributed by atoms with Crippen molar-refractivity contribution in [2.24, 2.45) is 10.9 Å². The lowest BCUT2D eigenvalue weighted by molar-refractivity contribution is 0.253. The van der Waals surface area contributed by atoms with Crippen LogP contribution >= 0.6 is 0 Å². The van der Waals surface area contributed by atoms with Gasteiger partial charge >= 0.3 is 0 Å². The number of anilines is 1. The molecule has 1 aromatic rings. The van der Waals surface area contributed by atoms with E-state index in [1.54, 1.807) is 0 Å². The third-order valence-electron chi connectivity index (χ3n) is 5.12. The van der Waals surface area contributed by atoms with Gasteiger partial charge in [0.15, 0.2) is 5.96 Å². The topological polar surface area (TPSA) is 72.8 Å². The lowest BCUT2D eigenvalue weighted by Crippen LogP contribution is -2.49. The van der Waals surface area contributed by atoms with E-state index in [4.69, 9.17) is 4.99 Å². The average molecular weight is 376 g/mol. The number of piperidine rings is 1. The number of hydrogen-bond acceptors (Lipinski definition) is 4. The first-order chi connectivity index (χ1) is 13.2. The van der Waals surface area contributed by atoms with Gasteiger partial charge in [-0.05, 0) is 57.6 Å². The summed E-state index contributed by atoms with van der Waals surface area (Å²) in [4.78, 5) is 11.8. The number of aliphatic imine (C=N–C) groups is 1. The Morgan fingerprint density at radius 1 is 1.30 bits per heavy atom. The summed E-state index contributed by atoms with van der Waals surface area (Å²) in [6.07, 6.45) is 5.24. The minimum absolute atomic E-state index is 0.246. The van der Waals surface area contributed by atoms with Crippen LogP contribution in [0.1, 0.15) is 51.6 Å². The van der Waals surface area contributed by atoms with E-state index in [1.165, 1.54) is 0 Å². The van der Waals surface area contributed by atoms with Gasteiger partial charge in [0.25, 0.3) is 0 Å². The van der Waals surface area contributed by atoms with E-state index in [-0.39, 0.29) is 6.61 Å². The van der Waals surface area contributed by atoms with Crippen LogP contribution in [0.5, 0.6) is 0 Å². The maximum Gasteiger partial charge on any atom is 0.191 e. The molecule has 152 valence electrons. The van der Waals surface area contributed by atoms with Crippen molar-refractivity contribution in [3.05, 3.63) is 23.9 Å². The molecule has 6 nitrogen and oxygen atoms in total. The molecule has 0 aliphatic carbocycles. The molecule has 0 aromatic carbocycles. The van der Waals surface area contributed by atoms with Crippen molar-refractivity contribution in [3.8, 4) is 0 Å². The molecular formula is C21H37N5O. The molecule has 6 heteroatoms. The Hall–Kier alpha value is -1.82. The van der Waals surface area contributed by atoms with Gasteiger partial charge in [-0.15, -0.1) is 0 Å². The molecule has 2 heterocycles. The zero-order valence-corrected chi connectivity index (χ0v) is 17.2. The van der Waals surface area contributed by atoms with Gasteiger partial charge in [0.2, 0.25) is 0 Å². The Morgan fingerprint density at radius 2 is 2.07 bits per heavy atom. The number of guanidine groups is 1. The first-order valence-electron chi connectivity index (χ1n) is 10.5. The summed E-state index contributed by atoms with van der Waals surface area (Å²) < 4.78 is 0. The highest BCUT2D eigenvalue weighted by molar-refractivity contribution is 5.80. The minimum Gasteiger partial charge on any atom is -0.396 e. The van der Waals surface area contributed by atoms with E-state index in [2.05, 4.69) is 46.5 Å². The highest BCUT2D eigenvalue weighted by Gasteiger charge is 2.21. The number of aliphatic hydroxyl groups excluding tert-OH is 1. The third kappa shape index (κ3) is 7.37. The predicted molar refractivity (Wildman–Crippen MR) is 113 cm³/mol. The maximum absolute atomic E-state index is 9.24. The number of pyridine rings is 1. The molecular weight excluding hydrogens is 338 g/mol. The normalized spacial score (nSPS) is 17.0. The highest BCUT2D eigenvalue weighted by Crippen LogP contribution is 2.18. The Bertz CT molecular complexity index is 563. The van der Waals surface area contributed by atoms with Gasteiger partial charge in [0.1, 0.15) is 5.82 Å². The SMILES string of the molecule is CCCC(CCO)CN=C(NCC)NC1CCN(c2cccc(C)n2)CC1. The quantitative estimate of drug-likeness (QED) is 0.457. The first-order valence-corrected chi connectivity index (χ1v) is 10.5. The zero-order chi connectivity index (χ0) is 19.5. The molecule has 0 spiro atoms.